The summed E-state index contributed by atoms with van der Waals surface area (Å²) in [6.07, 6.45) is 1.95. The Bertz CT molecular complexity index is 1090. The summed E-state index contributed by atoms with van der Waals surface area (Å²) < 4.78 is 10.9. The standard InChI is InChI=1S/C25H24N2O2S/c1-28-22-10-6-9-21(25(22)29-2)15-26-17-24-27-16-23(30-24)20-13-11-19(12-14-20)18-7-4-3-5-8-18/h3-14,16,26H,15,17H2,1-2H3. The molecule has 1 aromatic heterocycles. The Morgan fingerprint density at radius 2 is 1.50 bits per heavy atom. The van der Waals surface area contributed by atoms with E-state index >= 15 is 0 Å². The number of aromatic nitrogens is 1. The van der Waals surface area contributed by atoms with Crippen molar-refractivity contribution in [2.45, 2.75) is 13.1 Å². The zero-order valence-corrected chi connectivity index (χ0v) is 17.9. The number of thiazole rings is 1. The van der Waals surface area contributed by atoms with E-state index in [-0.39, 0.29) is 0 Å². The first-order valence-corrected chi connectivity index (χ1v) is 10.6. The number of hydrogen-bond donors (Lipinski definition) is 1. The van der Waals surface area contributed by atoms with Gasteiger partial charge in [0.25, 0.3) is 0 Å². The Kier molecular flexibility index (Phi) is 6.42. The first kappa shape index (κ1) is 20.1. The molecule has 0 atom stereocenters. The van der Waals surface area contributed by atoms with E-state index in [2.05, 4.69) is 58.8 Å². The summed E-state index contributed by atoms with van der Waals surface area (Å²) in [6.45, 7) is 1.38. The number of nitrogens with one attached hydrogen (secondary N) is 1. The minimum absolute atomic E-state index is 0.682. The average Bonchev–Trinajstić information content (AvgIpc) is 3.28. The van der Waals surface area contributed by atoms with Crippen LogP contribution in [0.15, 0.2) is 79.0 Å². The Morgan fingerprint density at radius 3 is 2.23 bits per heavy atom. The topological polar surface area (TPSA) is 43.4 Å². The summed E-state index contributed by atoms with van der Waals surface area (Å²) in [7, 11) is 3.32. The van der Waals surface area contributed by atoms with Crippen LogP contribution in [-0.4, -0.2) is 19.2 Å². The SMILES string of the molecule is COc1cccc(CNCc2ncc(-c3ccc(-c4ccccc4)cc3)s2)c1OC. The number of methoxy groups -OCH3 is 2. The summed E-state index contributed by atoms with van der Waals surface area (Å²) >= 11 is 1.71. The molecule has 30 heavy (non-hydrogen) atoms. The molecule has 0 aliphatic carbocycles. The second-order valence-corrected chi connectivity index (χ2v) is 7.93. The quantitative estimate of drug-likeness (QED) is 0.395. The maximum Gasteiger partial charge on any atom is 0.165 e. The van der Waals surface area contributed by atoms with Gasteiger partial charge in [0, 0.05) is 24.8 Å². The molecule has 0 radical (unpaired) electrons. The second kappa shape index (κ2) is 9.57. The Hall–Kier alpha value is -3.15. The van der Waals surface area contributed by atoms with Gasteiger partial charge < -0.3 is 14.8 Å². The number of benzene rings is 3. The zero-order valence-electron chi connectivity index (χ0n) is 17.1. The molecule has 0 aliphatic rings. The van der Waals surface area contributed by atoms with Gasteiger partial charge in [-0.2, -0.15) is 0 Å². The van der Waals surface area contributed by atoms with Gasteiger partial charge in [-0.15, -0.1) is 11.3 Å². The van der Waals surface area contributed by atoms with Crippen LogP contribution in [0.2, 0.25) is 0 Å². The summed E-state index contributed by atoms with van der Waals surface area (Å²) in [5.74, 6) is 1.51. The maximum absolute atomic E-state index is 5.50. The number of hydrogen-bond acceptors (Lipinski definition) is 5. The first-order valence-electron chi connectivity index (χ1n) is 9.79. The normalized spacial score (nSPS) is 10.7. The fourth-order valence-electron chi connectivity index (χ4n) is 3.38. The highest BCUT2D eigenvalue weighted by molar-refractivity contribution is 7.15. The zero-order chi connectivity index (χ0) is 20.8. The van der Waals surface area contributed by atoms with Crippen LogP contribution in [0, 0.1) is 0 Å². The number of nitrogens with zero attached hydrogens (tertiary/aromatic N) is 1. The van der Waals surface area contributed by atoms with Gasteiger partial charge in [-0.25, -0.2) is 4.98 Å². The molecular weight excluding hydrogens is 392 g/mol. The van der Waals surface area contributed by atoms with Crippen LogP contribution < -0.4 is 14.8 Å². The van der Waals surface area contributed by atoms with Crippen molar-refractivity contribution >= 4 is 11.3 Å². The van der Waals surface area contributed by atoms with Crippen LogP contribution in [0.4, 0.5) is 0 Å². The van der Waals surface area contributed by atoms with E-state index < -0.39 is 0 Å². The minimum atomic E-state index is 0.682. The van der Waals surface area contributed by atoms with Gasteiger partial charge in [-0.3, -0.25) is 0 Å². The average molecular weight is 417 g/mol. The largest absolute Gasteiger partial charge is 0.493 e. The van der Waals surface area contributed by atoms with E-state index in [1.165, 1.54) is 21.6 Å². The van der Waals surface area contributed by atoms with Crippen LogP contribution in [0.25, 0.3) is 21.6 Å². The summed E-state index contributed by atoms with van der Waals surface area (Å²) in [6, 6.07) is 25.0. The molecule has 4 nitrogen and oxygen atoms in total. The van der Waals surface area contributed by atoms with Gasteiger partial charge in [-0.05, 0) is 22.8 Å². The third-order valence-corrected chi connectivity index (χ3v) is 5.95. The molecule has 4 rings (SSSR count). The van der Waals surface area contributed by atoms with Crippen LogP contribution in [0.5, 0.6) is 11.5 Å². The third-order valence-electron chi connectivity index (χ3n) is 4.91. The number of ether oxygens (including phenoxy) is 2. The van der Waals surface area contributed by atoms with E-state index in [4.69, 9.17) is 9.47 Å². The molecule has 0 spiro atoms. The molecule has 0 unspecified atom stereocenters. The van der Waals surface area contributed by atoms with Crippen molar-refractivity contribution in [3.63, 3.8) is 0 Å². The van der Waals surface area contributed by atoms with E-state index in [1.54, 1.807) is 25.6 Å². The maximum atomic E-state index is 5.50. The summed E-state index contributed by atoms with van der Waals surface area (Å²) in [5, 5.41) is 4.51. The van der Waals surface area contributed by atoms with Crippen molar-refractivity contribution < 1.29 is 9.47 Å². The molecular formula is C25H24N2O2S. The molecule has 1 heterocycles. The van der Waals surface area contributed by atoms with Crippen molar-refractivity contribution in [1.29, 1.82) is 0 Å². The number of para-hydroxylation sites is 1. The van der Waals surface area contributed by atoms with E-state index in [0.717, 1.165) is 22.1 Å². The molecule has 5 heteroatoms. The van der Waals surface area contributed by atoms with Gasteiger partial charge >= 0.3 is 0 Å². The molecule has 0 saturated heterocycles. The molecule has 0 amide bonds. The summed E-state index contributed by atoms with van der Waals surface area (Å²) in [5.41, 5.74) is 4.70. The van der Waals surface area contributed by atoms with Crippen molar-refractivity contribution in [2.24, 2.45) is 0 Å². The fourth-order valence-corrected chi connectivity index (χ4v) is 4.27. The fraction of sp³-hybridized carbons (Fsp3) is 0.160. The van der Waals surface area contributed by atoms with Crippen molar-refractivity contribution in [2.75, 3.05) is 14.2 Å². The molecule has 4 aromatic rings. The highest BCUT2D eigenvalue weighted by Gasteiger charge is 2.10. The molecule has 0 bridgehead atoms. The minimum Gasteiger partial charge on any atom is -0.493 e. The highest BCUT2D eigenvalue weighted by Crippen LogP contribution is 2.31. The van der Waals surface area contributed by atoms with Crippen molar-refractivity contribution in [1.82, 2.24) is 10.3 Å². The van der Waals surface area contributed by atoms with Gasteiger partial charge in [-0.1, -0.05) is 66.7 Å². The van der Waals surface area contributed by atoms with Crippen molar-refractivity contribution in [3.8, 4) is 33.1 Å². The van der Waals surface area contributed by atoms with E-state index in [0.29, 0.717) is 13.1 Å². The van der Waals surface area contributed by atoms with Gasteiger partial charge in [0.15, 0.2) is 11.5 Å². The highest BCUT2D eigenvalue weighted by atomic mass is 32.1. The van der Waals surface area contributed by atoms with Crippen LogP contribution in [0.3, 0.4) is 0 Å². The molecule has 0 aliphatic heterocycles. The van der Waals surface area contributed by atoms with Crippen LogP contribution in [0.1, 0.15) is 10.6 Å². The predicted molar refractivity (Wildman–Crippen MR) is 123 cm³/mol. The van der Waals surface area contributed by atoms with Crippen LogP contribution >= 0.6 is 11.3 Å². The lowest BCUT2D eigenvalue weighted by molar-refractivity contribution is 0.350. The Balaban J connectivity index is 1.39. The monoisotopic (exact) mass is 416 g/mol. The van der Waals surface area contributed by atoms with Gasteiger partial charge in [0.05, 0.1) is 19.1 Å². The molecule has 0 saturated carbocycles. The van der Waals surface area contributed by atoms with Gasteiger partial charge in [0.2, 0.25) is 0 Å². The molecule has 1 N–H and O–H groups in total. The Morgan fingerprint density at radius 1 is 0.767 bits per heavy atom. The van der Waals surface area contributed by atoms with E-state index in [1.807, 2.05) is 30.5 Å². The molecule has 152 valence electrons. The van der Waals surface area contributed by atoms with Crippen LogP contribution in [-0.2, 0) is 13.1 Å². The smallest absolute Gasteiger partial charge is 0.165 e. The molecule has 0 fully saturated rings. The number of rotatable bonds is 8. The van der Waals surface area contributed by atoms with Crippen molar-refractivity contribution in [3.05, 3.63) is 89.6 Å². The predicted octanol–water partition coefficient (Wildman–Crippen LogP) is 5.78. The lowest BCUT2D eigenvalue weighted by Crippen LogP contribution is -2.13. The second-order valence-electron chi connectivity index (χ2n) is 6.82. The lowest BCUT2D eigenvalue weighted by atomic mass is 10.0. The Labute approximate surface area is 181 Å². The third kappa shape index (κ3) is 4.53. The van der Waals surface area contributed by atoms with E-state index in [9.17, 15) is 0 Å². The lowest BCUT2D eigenvalue weighted by Gasteiger charge is -2.12. The first-order chi connectivity index (χ1) is 14.8. The van der Waals surface area contributed by atoms with Gasteiger partial charge in [0.1, 0.15) is 5.01 Å². The summed E-state index contributed by atoms with van der Waals surface area (Å²) in [4.78, 5) is 5.75. The molecule has 3 aromatic carbocycles.